The second-order valence-electron chi connectivity index (χ2n) is 5.38. The van der Waals surface area contributed by atoms with Crippen molar-refractivity contribution in [3.05, 3.63) is 68.0 Å². The van der Waals surface area contributed by atoms with Crippen LogP contribution in [0, 0.1) is 19.7 Å². The predicted molar refractivity (Wildman–Crippen MR) is 87.9 cm³/mol. The Bertz CT molecular complexity index is 1010. The van der Waals surface area contributed by atoms with Gasteiger partial charge in [0.05, 0.1) is 10.6 Å². The molecular weight excluding hydrogens is 335 g/mol. The second kappa shape index (κ2) is 6.09. The minimum absolute atomic E-state index is 0.0456. The molecule has 6 nitrogen and oxygen atoms in total. The van der Waals surface area contributed by atoms with Gasteiger partial charge in [0, 0.05) is 29.6 Å². The number of hydrogen-bond acceptors (Lipinski definition) is 3. The van der Waals surface area contributed by atoms with Gasteiger partial charge in [0.15, 0.2) is 5.65 Å². The van der Waals surface area contributed by atoms with E-state index in [1.807, 2.05) is 6.92 Å². The monoisotopic (exact) mass is 348 g/mol. The van der Waals surface area contributed by atoms with Crippen molar-refractivity contribution in [3.8, 4) is 0 Å². The number of H-pyrrole nitrogens is 1. The Morgan fingerprint density at radius 2 is 2.12 bits per heavy atom. The summed E-state index contributed by atoms with van der Waals surface area (Å²) in [6, 6.07) is 5.00. The molecule has 1 amide bonds. The first-order chi connectivity index (χ1) is 11.4. The molecule has 0 aliphatic carbocycles. The van der Waals surface area contributed by atoms with Gasteiger partial charge in [0.1, 0.15) is 5.82 Å². The van der Waals surface area contributed by atoms with Gasteiger partial charge in [-0.1, -0.05) is 11.6 Å². The maximum Gasteiger partial charge on any atom is 0.266 e. The van der Waals surface area contributed by atoms with Crippen LogP contribution in [-0.2, 0) is 6.54 Å². The Kier molecular flexibility index (Phi) is 4.11. The highest BCUT2D eigenvalue weighted by atomic mass is 35.5. The molecule has 0 aliphatic rings. The van der Waals surface area contributed by atoms with Crippen LogP contribution in [0.1, 0.15) is 27.3 Å². The summed E-state index contributed by atoms with van der Waals surface area (Å²) in [5.74, 6) is -0.922. The van der Waals surface area contributed by atoms with Crippen LogP contribution >= 0.6 is 11.6 Å². The van der Waals surface area contributed by atoms with Gasteiger partial charge in [-0.2, -0.15) is 0 Å². The number of aromatic amines is 1. The van der Waals surface area contributed by atoms with Gasteiger partial charge in [-0.15, -0.1) is 0 Å². The zero-order valence-corrected chi connectivity index (χ0v) is 13.7. The number of amides is 1. The topological polar surface area (TPSA) is 79.3 Å². The number of carbonyl (C=O) groups is 1. The van der Waals surface area contributed by atoms with Crippen molar-refractivity contribution in [1.29, 1.82) is 0 Å². The molecule has 2 N–H and O–H groups in total. The van der Waals surface area contributed by atoms with Crippen LogP contribution in [0.2, 0.25) is 5.02 Å². The van der Waals surface area contributed by atoms with Gasteiger partial charge in [0.25, 0.3) is 11.5 Å². The van der Waals surface area contributed by atoms with E-state index in [9.17, 15) is 14.0 Å². The van der Waals surface area contributed by atoms with Crippen LogP contribution in [0.15, 0.2) is 29.1 Å². The number of fused-ring (bicyclic) bond motifs is 1. The van der Waals surface area contributed by atoms with Crippen molar-refractivity contribution < 1.29 is 9.18 Å². The zero-order valence-electron chi connectivity index (χ0n) is 13.0. The molecule has 0 aliphatic heterocycles. The lowest BCUT2D eigenvalue weighted by Gasteiger charge is -2.13. The number of nitrogens with zero attached hydrogens (tertiary/aromatic N) is 2. The number of hydrogen-bond donors (Lipinski definition) is 2. The summed E-state index contributed by atoms with van der Waals surface area (Å²) in [4.78, 5) is 28.0. The average Bonchev–Trinajstić information content (AvgIpc) is 2.87. The average molecular weight is 349 g/mol. The Hall–Kier alpha value is -2.67. The van der Waals surface area contributed by atoms with E-state index < -0.39 is 11.7 Å². The van der Waals surface area contributed by atoms with Crippen molar-refractivity contribution >= 4 is 23.2 Å². The van der Waals surface area contributed by atoms with Gasteiger partial charge in [-0.25, -0.2) is 13.9 Å². The van der Waals surface area contributed by atoms with E-state index in [1.165, 1.54) is 18.2 Å². The van der Waals surface area contributed by atoms with Gasteiger partial charge >= 0.3 is 0 Å². The molecule has 3 aromatic rings. The molecule has 2 heterocycles. The minimum Gasteiger partial charge on any atom is -0.348 e. The van der Waals surface area contributed by atoms with E-state index in [-0.39, 0.29) is 22.7 Å². The van der Waals surface area contributed by atoms with E-state index in [0.717, 1.165) is 17.3 Å². The van der Waals surface area contributed by atoms with Crippen LogP contribution < -0.4 is 10.9 Å². The van der Waals surface area contributed by atoms with E-state index in [0.29, 0.717) is 11.3 Å². The van der Waals surface area contributed by atoms with Crippen LogP contribution in [0.5, 0.6) is 0 Å². The Balaban J connectivity index is 1.87. The Morgan fingerprint density at radius 1 is 1.38 bits per heavy atom. The van der Waals surface area contributed by atoms with Crippen LogP contribution in [0.3, 0.4) is 0 Å². The molecule has 24 heavy (non-hydrogen) atoms. The quantitative estimate of drug-likeness (QED) is 0.762. The fourth-order valence-corrected chi connectivity index (χ4v) is 2.80. The molecule has 0 unspecified atom stereocenters. The van der Waals surface area contributed by atoms with Crippen molar-refractivity contribution in [1.82, 2.24) is 19.9 Å². The summed E-state index contributed by atoms with van der Waals surface area (Å²) < 4.78 is 14.6. The maximum absolute atomic E-state index is 13.1. The fourth-order valence-electron chi connectivity index (χ4n) is 2.55. The number of carbonyl (C=O) groups excluding carboxylic acids is 1. The molecule has 0 bridgehead atoms. The summed E-state index contributed by atoms with van der Waals surface area (Å²) in [7, 11) is 0. The third kappa shape index (κ3) is 2.90. The molecule has 0 saturated heterocycles. The molecule has 2 aromatic heterocycles. The molecular formula is C16H14ClFN4O2. The van der Waals surface area contributed by atoms with Crippen LogP contribution in [0.4, 0.5) is 4.39 Å². The molecule has 8 heteroatoms. The lowest BCUT2D eigenvalue weighted by molar-refractivity contribution is 0.0951. The van der Waals surface area contributed by atoms with Crippen molar-refractivity contribution in [2.75, 3.05) is 0 Å². The normalized spacial score (nSPS) is 11.0. The molecule has 0 spiro atoms. The lowest BCUT2D eigenvalue weighted by Crippen LogP contribution is -2.25. The summed E-state index contributed by atoms with van der Waals surface area (Å²) in [5, 5.41) is 5.44. The third-order valence-electron chi connectivity index (χ3n) is 3.80. The highest BCUT2D eigenvalue weighted by Crippen LogP contribution is 2.18. The number of aromatic nitrogens is 3. The van der Waals surface area contributed by atoms with Gasteiger partial charge in [-0.05, 0) is 32.0 Å². The smallest absolute Gasteiger partial charge is 0.266 e. The molecule has 1 aromatic carbocycles. The van der Waals surface area contributed by atoms with E-state index >= 15 is 0 Å². The predicted octanol–water partition coefficient (Wildman–Crippen LogP) is 2.36. The SMILES string of the molecule is Cc1nc2cc(=O)[nH]n2c(C)c1CNC(=O)c1ccc(F)cc1Cl. The second-order valence-corrected chi connectivity index (χ2v) is 5.79. The Labute approximate surface area is 141 Å². The number of aryl methyl sites for hydroxylation is 2. The largest absolute Gasteiger partial charge is 0.348 e. The van der Waals surface area contributed by atoms with Crippen molar-refractivity contribution in [2.45, 2.75) is 20.4 Å². The molecule has 124 valence electrons. The first-order valence-electron chi connectivity index (χ1n) is 7.18. The highest BCUT2D eigenvalue weighted by molar-refractivity contribution is 6.33. The number of halogens is 2. The van der Waals surface area contributed by atoms with Crippen molar-refractivity contribution in [3.63, 3.8) is 0 Å². The van der Waals surface area contributed by atoms with Crippen LogP contribution in [0.25, 0.3) is 5.65 Å². The maximum atomic E-state index is 13.1. The minimum atomic E-state index is -0.505. The lowest BCUT2D eigenvalue weighted by atomic mass is 10.1. The number of rotatable bonds is 3. The molecule has 0 saturated carbocycles. The van der Waals surface area contributed by atoms with Gasteiger partial charge < -0.3 is 5.32 Å². The summed E-state index contributed by atoms with van der Waals surface area (Å²) >= 11 is 5.89. The first kappa shape index (κ1) is 16.2. The van der Waals surface area contributed by atoms with E-state index in [2.05, 4.69) is 15.4 Å². The Morgan fingerprint density at radius 3 is 2.83 bits per heavy atom. The standard InChI is InChI=1S/C16H14ClFN4O2/c1-8-12(9(2)22-14(20-8)6-15(23)21-22)7-19-16(24)11-4-3-10(18)5-13(11)17/h3-6H,7H2,1-2H3,(H,19,24)(H,21,23). The highest BCUT2D eigenvalue weighted by Gasteiger charge is 2.14. The summed E-state index contributed by atoms with van der Waals surface area (Å²) in [5.41, 5.74) is 2.72. The van der Waals surface area contributed by atoms with Gasteiger partial charge in [-0.3, -0.25) is 14.7 Å². The zero-order chi connectivity index (χ0) is 17.4. The third-order valence-corrected chi connectivity index (χ3v) is 4.12. The van der Waals surface area contributed by atoms with Gasteiger partial charge in [0.2, 0.25) is 0 Å². The van der Waals surface area contributed by atoms with E-state index in [1.54, 1.807) is 11.4 Å². The molecule has 0 fully saturated rings. The number of nitrogens with one attached hydrogen (secondary N) is 2. The fraction of sp³-hybridized carbons (Fsp3) is 0.188. The van der Waals surface area contributed by atoms with Crippen molar-refractivity contribution in [2.24, 2.45) is 0 Å². The van der Waals surface area contributed by atoms with E-state index in [4.69, 9.17) is 11.6 Å². The molecule has 3 rings (SSSR count). The van der Waals surface area contributed by atoms with Crippen LogP contribution in [-0.4, -0.2) is 20.5 Å². The first-order valence-corrected chi connectivity index (χ1v) is 7.55. The number of benzene rings is 1. The summed E-state index contributed by atoms with van der Waals surface area (Å²) in [6.07, 6.45) is 0. The summed E-state index contributed by atoms with van der Waals surface area (Å²) in [6.45, 7) is 3.83. The molecule has 0 atom stereocenters. The molecule has 0 radical (unpaired) electrons.